The lowest BCUT2D eigenvalue weighted by Gasteiger charge is -2.20. The molecule has 0 aromatic heterocycles. The van der Waals surface area contributed by atoms with Crippen LogP contribution >= 0.6 is 11.8 Å². The van der Waals surface area contributed by atoms with Gasteiger partial charge >= 0.3 is 5.97 Å². The van der Waals surface area contributed by atoms with E-state index >= 15 is 0 Å². The number of Topliss-reactive ketones (excluding diaryl/α,β-unsaturated/α-hetero) is 1. The molecule has 1 aromatic rings. The number of benzene rings is 1. The quantitative estimate of drug-likeness (QED) is 0.253. The van der Waals surface area contributed by atoms with Gasteiger partial charge in [-0.05, 0) is 36.3 Å². The van der Waals surface area contributed by atoms with Crippen LogP contribution in [0.3, 0.4) is 0 Å². The molecule has 0 spiro atoms. The number of amides is 2. The average Bonchev–Trinajstić information content (AvgIpc) is 2.69. The van der Waals surface area contributed by atoms with Crippen molar-refractivity contribution >= 4 is 35.8 Å². The Balaban J connectivity index is 2.81. The molecule has 9 heteroatoms. The molecule has 0 fully saturated rings. The summed E-state index contributed by atoms with van der Waals surface area (Å²) in [4.78, 5) is 47.1. The van der Waals surface area contributed by atoms with Crippen molar-refractivity contribution in [2.45, 2.75) is 51.2 Å². The van der Waals surface area contributed by atoms with E-state index in [0.717, 1.165) is 0 Å². The number of aliphatic carboxylic acids is 1. The maximum absolute atomic E-state index is 12.4. The highest BCUT2D eigenvalue weighted by molar-refractivity contribution is 7.98. The van der Waals surface area contributed by atoms with E-state index in [-0.39, 0.29) is 12.2 Å². The minimum Gasteiger partial charge on any atom is -0.480 e. The van der Waals surface area contributed by atoms with E-state index < -0.39 is 30.0 Å². The molecule has 3 atom stereocenters. The normalized spacial score (nSPS) is 13.9. The Kier molecular flexibility index (Phi) is 11.1. The van der Waals surface area contributed by atoms with E-state index in [9.17, 15) is 24.3 Å². The van der Waals surface area contributed by atoms with Crippen LogP contribution < -0.4 is 16.4 Å². The molecule has 0 radical (unpaired) electrons. The number of carbonyl (C=O) groups excluding carboxylic acids is 3. The molecule has 0 unspecified atom stereocenters. The molecule has 1 rings (SSSR count). The zero-order valence-electron chi connectivity index (χ0n) is 17.6. The zero-order valence-corrected chi connectivity index (χ0v) is 18.4. The number of carboxylic acid groups (broad SMARTS) is 1. The van der Waals surface area contributed by atoms with Gasteiger partial charge in [0.15, 0.2) is 5.78 Å². The lowest BCUT2D eigenvalue weighted by atomic mass is 9.95. The molecule has 0 aliphatic heterocycles. The molecule has 0 saturated carbocycles. The second kappa shape index (κ2) is 13.0. The zero-order chi connectivity index (χ0) is 22.7. The maximum Gasteiger partial charge on any atom is 0.326 e. The van der Waals surface area contributed by atoms with Gasteiger partial charge in [-0.2, -0.15) is 11.8 Å². The number of carbonyl (C=O) groups is 4. The minimum atomic E-state index is -1.18. The summed E-state index contributed by atoms with van der Waals surface area (Å²) < 4.78 is 0. The van der Waals surface area contributed by atoms with Crippen molar-refractivity contribution in [3.05, 3.63) is 35.4 Å². The summed E-state index contributed by atoms with van der Waals surface area (Å²) in [7, 11) is 0. The molecule has 0 bridgehead atoms. The lowest BCUT2D eigenvalue weighted by Crippen LogP contribution is -2.50. The molecule has 1 aromatic carbocycles. The Morgan fingerprint density at radius 1 is 1.17 bits per heavy atom. The second-order valence-corrected chi connectivity index (χ2v) is 8.50. The van der Waals surface area contributed by atoms with Crippen LogP contribution in [-0.4, -0.2) is 59.3 Å². The van der Waals surface area contributed by atoms with Gasteiger partial charge in [0.2, 0.25) is 12.3 Å². The van der Waals surface area contributed by atoms with Gasteiger partial charge in [-0.3, -0.25) is 14.4 Å². The predicted octanol–water partition coefficient (Wildman–Crippen LogP) is 1.22. The van der Waals surface area contributed by atoms with Crippen molar-refractivity contribution in [3.8, 4) is 0 Å². The topological polar surface area (TPSA) is 139 Å². The summed E-state index contributed by atoms with van der Waals surface area (Å²) in [6, 6.07) is 4.03. The van der Waals surface area contributed by atoms with E-state index in [1.165, 1.54) is 11.8 Å². The van der Waals surface area contributed by atoms with Crippen LogP contribution in [0.5, 0.6) is 0 Å². The first-order valence-corrected chi connectivity index (χ1v) is 11.2. The molecular formula is C21H31N3O5S. The highest BCUT2D eigenvalue weighted by atomic mass is 32.2. The molecule has 30 heavy (non-hydrogen) atoms. The van der Waals surface area contributed by atoms with Crippen molar-refractivity contribution in [2.24, 2.45) is 11.7 Å². The Bertz CT molecular complexity index is 724. The van der Waals surface area contributed by atoms with Crippen LogP contribution in [0.1, 0.15) is 42.6 Å². The van der Waals surface area contributed by atoms with Crippen molar-refractivity contribution < 1.29 is 24.3 Å². The molecule has 0 heterocycles. The summed E-state index contributed by atoms with van der Waals surface area (Å²) >= 11 is 1.52. The fraction of sp³-hybridized carbons (Fsp3) is 0.524. The number of ketones is 1. The number of rotatable bonds is 14. The first-order chi connectivity index (χ1) is 14.2. The Morgan fingerprint density at radius 2 is 1.80 bits per heavy atom. The van der Waals surface area contributed by atoms with E-state index in [0.29, 0.717) is 42.0 Å². The van der Waals surface area contributed by atoms with E-state index in [1.54, 1.807) is 24.3 Å². The van der Waals surface area contributed by atoms with Gasteiger partial charge in [0.25, 0.3) is 0 Å². The number of thioether (sulfide) groups is 1. The first kappa shape index (κ1) is 25.6. The number of carboxylic acids is 1. The standard InChI is InChI=1S/C21H31N3O5S/c1-13(2)10-16(22)19(26)15-6-4-14(5-7-15)11-18(21(28)29)24-20(27)17(23-12-25)8-9-30-3/h4-7,12-13,16-18H,8-11,22H2,1-3H3,(H,23,25)(H,24,27)(H,28,29)/t16-,17-,18-/m0/s1. The highest BCUT2D eigenvalue weighted by Crippen LogP contribution is 2.13. The van der Waals surface area contributed by atoms with Crippen LogP contribution in [0, 0.1) is 5.92 Å². The van der Waals surface area contributed by atoms with Crippen LogP contribution in [-0.2, 0) is 20.8 Å². The number of nitrogens with two attached hydrogens (primary N) is 1. The van der Waals surface area contributed by atoms with Gasteiger partial charge in [0.05, 0.1) is 6.04 Å². The second-order valence-electron chi connectivity index (χ2n) is 7.52. The van der Waals surface area contributed by atoms with Crippen molar-refractivity contribution in [1.29, 1.82) is 0 Å². The summed E-state index contributed by atoms with van der Waals surface area (Å²) in [6.45, 7) is 3.99. The smallest absolute Gasteiger partial charge is 0.326 e. The number of hydrogen-bond acceptors (Lipinski definition) is 6. The molecule has 0 aliphatic carbocycles. The molecular weight excluding hydrogens is 406 g/mol. The monoisotopic (exact) mass is 437 g/mol. The Hall–Kier alpha value is -2.39. The molecule has 5 N–H and O–H groups in total. The first-order valence-electron chi connectivity index (χ1n) is 9.80. The van der Waals surface area contributed by atoms with Gasteiger partial charge < -0.3 is 21.5 Å². The SMILES string of the molecule is CSCC[C@H](NC=O)C(=O)N[C@@H](Cc1ccc(C(=O)[C@@H](N)CC(C)C)cc1)C(=O)O. The Morgan fingerprint density at radius 3 is 2.30 bits per heavy atom. The molecule has 166 valence electrons. The van der Waals surface area contributed by atoms with Crippen LogP contribution in [0.15, 0.2) is 24.3 Å². The minimum absolute atomic E-state index is 0.0456. The largest absolute Gasteiger partial charge is 0.480 e. The highest BCUT2D eigenvalue weighted by Gasteiger charge is 2.25. The van der Waals surface area contributed by atoms with Gasteiger partial charge in [0.1, 0.15) is 12.1 Å². The molecule has 0 saturated heterocycles. The van der Waals surface area contributed by atoms with E-state index in [2.05, 4.69) is 10.6 Å². The average molecular weight is 438 g/mol. The molecule has 8 nitrogen and oxygen atoms in total. The van der Waals surface area contributed by atoms with E-state index in [1.807, 2.05) is 20.1 Å². The van der Waals surface area contributed by atoms with Crippen molar-refractivity contribution in [2.75, 3.05) is 12.0 Å². The maximum atomic E-state index is 12.4. The number of nitrogens with one attached hydrogen (secondary N) is 2. The van der Waals surface area contributed by atoms with Gasteiger partial charge in [0, 0.05) is 12.0 Å². The summed E-state index contributed by atoms with van der Waals surface area (Å²) in [5, 5.41) is 14.4. The van der Waals surface area contributed by atoms with Gasteiger partial charge in [-0.25, -0.2) is 4.79 Å². The fourth-order valence-corrected chi connectivity index (χ4v) is 3.42. The van der Waals surface area contributed by atoms with Crippen LogP contribution in [0.4, 0.5) is 0 Å². The van der Waals surface area contributed by atoms with Gasteiger partial charge in [-0.15, -0.1) is 0 Å². The van der Waals surface area contributed by atoms with Crippen LogP contribution in [0.2, 0.25) is 0 Å². The van der Waals surface area contributed by atoms with E-state index in [4.69, 9.17) is 5.73 Å². The lowest BCUT2D eigenvalue weighted by molar-refractivity contribution is -0.142. The summed E-state index contributed by atoms with van der Waals surface area (Å²) in [5.74, 6) is -0.941. The van der Waals surface area contributed by atoms with Crippen LogP contribution in [0.25, 0.3) is 0 Å². The fourth-order valence-electron chi connectivity index (χ4n) is 2.95. The Labute approximate surface area is 181 Å². The third-order valence-corrected chi connectivity index (χ3v) is 5.20. The summed E-state index contributed by atoms with van der Waals surface area (Å²) in [5.41, 5.74) is 7.07. The molecule has 2 amide bonds. The third-order valence-electron chi connectivity index (χ3n) is 4.55. The van der Waals surface area contributed by atoms with Gasteiger partial charge in [-0.1, -0.05) is 38.1 Å². The molecule has 0 aliphatic rings. The number of hydrogen-bond donors (Lipinski definition) is 4. The predicted molar refractivity (Wildman–Crippen MR) is 117 cm³/mol. The van der Waals surface area contributed by atoms with Crippen molar-refractivity contribution in [3.63, 3.8) is 0 Å². The third kappa shape index (κ3) is 8.54. The van der Waals surface area contributed by atoms with Crippen molar-refractivity contribution in [1.82, 2.24) is 10.6 Å². The summed E-state index contributed by atoms with van der Waals surface area (Å²) in [6.07, 6.45) is 3.33.